The van der Waals surface area contributed by atoms with Gasteiger partial charge in [-0.2, -0.15) is 17.6 Å². The van der Waals surface area contributed by atoms with Crippen LogP contribution in [0.15, 0.2) is 17.0 Å². The van der Waals surface area contributed by atoms with Gasteiger partial charge in [-0.25, -0.2) is 0 Å². The topological polar surface area (TPSA) is 86.3 Å². The highest BCUT2D eigenvalue weighted by molar-refractivity contribution is 8.00. The molecule has 0 saturated carbocycles. The van der Waals surface area contributed by atoms with Crippen molar-refractivity contribution >= 4 is 23.1 Å². The molecule has 0 saturated heterocycles. The smallest absolute Gasteiger partial charge is 0.258 e. The fourth-order valence-electron chi connectivity index (χ4n) is 1.02. The standard InChI is InChI=1S/C7H2F4N2O4S/c8-3-1-6(18-7(9,10)11)5(13(16)17)2-4(3)12(14)15/h1-2H. The monoisotopic (exact) mass is 286 g/mol. The second-order valence-electron chi connectivity index (χ2n) is 2.83. The van der Waals surface area contributed by atoms with E-state index in [1.807, 2.05) is 0 Å². The fraction of sp³-hybridized carbons (Fsp3) is 0.143. The number of hydrogen-bond acceptors (Lipinski definition) is 5. The summed E-state index contributed by atoms with van der Waals surface area (Å²) in [6.45, 7) is 0. The Morgan fingerprint density at radius 2 is 1.56 bits per heavy atom. The largest absolute Gasteiger partial charge is 0.446 e. The molecule has 0 aliphatic heterocycles. The van der Waals surface area contributed by atoms with Crippen molar-refractivity contribution in [3.8, 4) is 0 Å². The molecule has 0 aromatic heterocycles. The van der Waals surface area contributed by atoms with E-state index < -0.39 is 49.2 Å². The van der Waals surface area contributed by atoms with E-state index >= 15 is 0 Å². The Hall–Kier alpha value is -1.91. The molecule has 0 bridgehead atoms. The predicted octanol–water partition coefficient (Wildman–Crippen LogP) is 3.25. The summed E-state index contributed by atoms with van der Waals surface area (Å²) in [5.41, 5.74) is -7.30. The van der Waals surface area contributed by atoms with Gasteiger partial charge < -0.3 is 0 Å². The SMILES string of the molecule is O=[N+]([O-])c1cc([N+](=O)[O-])c(SC(F)(F)F)cc1F. The zero-order valence-electron chi connectivity index (χ0n) is 8.10. The third-order valence-electron chi connectivity index (χ3n) is 1.65. The number of halogens is 4. The van der Waals surface area contributed by atoms with Gasteiger partial charge in [0.1, 0.15) is 0 Å². The summed E-state index contributed by atoms with van der Waals surface area (Å²) in [6.07, 6.45) is 0. The lowest BCUT2D eigenvalue weighted by molar-refractivity contribution is -0.397. The summed E-state index contributed by atoms with van der Waals surface area (Å²) in [6, 6.07) is 0.276. The van der Waals surface area contributed by atoms with Crippen LogP contribution in [-0.2, 0) is 0 Å². The number of hydrogen-bond donors (Lipinski definition) is 0. The van der Waals surface area contributed by atoms with Crippen LogP contribution in [0.3, 0.4) is 0 Å². The second-order valence-corrected chi connectivity index (χ2v) is 3.94. The number of rotatable bonds is 3. The Morgan fingerprint density at radius 3 is 1.94 bits per heavy atom. The molecule has 0 radical (unpaired) electrons. The van der Waals surface area contributed by atoms with Crippen LogP contribution >= 0.6 is 11.8 Å². The molecule has 18 heavy (non-hydrogen) atoms. The number of nitro groups is 2. The molecule has 6 nitrogen and oxygen atoms in total. The molecule has 0 spiro atoms. The number of benzene rings is 1. The summed E-state index contributed by atoms with van der Waals surface area (Å²) in [5.74, 6) is -1.57. The maximum Gasteiger partial charge on any atom is 0.446 e. The van der Waals surface area contributed by atoms with Gasteiger partial charge in [0.2, 0.25) is 5.82 Å². The van der Waals surface area contributed by atoms with Crippen LogP contribution in [0.25, 0.3) is 0 Å². The van der Waals surface area contributed by atoms with Crippen LogP contribution in [0.2, 0.25) is 0 Å². The van der Waals surface area contributed by atoms with Gasteiger partial charge in [-0.3, -0.25) is 20.2 Å². The Morgan fingerprint density at radius 1 is 1.06 bits per heavy atom. The Kier molecular flexibility index (Phi) is 3.74. The molecule has 0 N–H and O–H groups in total. The zero-order valence-corrected chi connectivity index (χ0v) is 8.92. The molecule has 0 aliphatic rings. The summed E-state index contributed by atoms with van der Waals surface area (Å²) in [7, 11) is 0. The van der Waals surface area contributed by atoms with Crippen molar-refractivity contribution in [1.29, 1.82) is 0 Å². The first-order chi connectivity index (χ1) is 8.11. The highest BCUT2D eigenvalue weighted by atomic mass is 32.2. The van der Waals surface area contributed by atoms with Crippen molar-refractivity contribution in [2.75, 3.05) is 0 Å². The van der Waals surface area contributed by atoms with Crippen molar-refractivity contribution in [2.45, 2.75) is 10.4 Å². The van der Waals surface area contributed by atoms with Gasteiger partial charge in [0.15, 0.2) is 0 Å². The molecule has 0 amide bonds. The summed E-state index contributed by atoms with van der Waals surface area (Å²) >= 11 is -0.914. The Balaban J connectivity index is 3.38. The Labute approximate surface area is 99.9 Å². The third kappa shape index (κ3) is 3.29. The van der Waals surface area contributed by atoms with Gasteiger partial charge in [0.25, 0.3) is 5.69 Å². The molecule has 0 fully saturated rings. The van der Waals surface area contributed by atoms with Gasteiger partial charge >= 0.3 is 11.2 Å². The van der Waals surface area contributed by atoms with E-state index in [-0.39, 0.29) is 12.1 Å². The first-order valence-corrected chi connectivity index (χ1v) is 4.81. The lowest BCUT2D eigenvalue weighted by atomic mass is 10.2. The number of alkyl halides is 3. The molecule has 0 heterocycles. The van der Waals surface area contributed by atoms with Crippen LogP contribution < -0.4 is 0 Å². The van der Waals surface area contributed by atoms with E-state index in [0.29, 0.717) is 0 Å². The minimum absolute atomic E-state index is 0.119. The van der Waals surface area contributed by atoms with E-state index in [9.17, 15) is 37.8 Å². The fourth-order valence-corrected chi connectivity index (χ4v) is 1.67. The van der Waals surface area contributed by atoms with Crippen LogP contribution in [0.4, 0.5) is 28.9 Å². The average Bonchev–Trinajstić information content (AvgIpc) is 2.13. The van der Waals surface area contributed by atoms with Crippen molar-refractivity contribution in [3.05, 3.63) is 38.2 Å². The van der Waals surface area contributed by atoms with Gasteiger partial charge in [0.05, 0.1) is 20.8 Å². The van der Waals surface area contributed by atoms with E-state index in [2.05, 4.69) is 0 Å². The highest BCUT2D eigenvalue weighted by Gasteiger charge is 2.35. The molecule has 1 aromatic rings. The lowest BCUT2D eigenvalue weighted by Crippen LogP contribution is -2.03. The van der Waals surface area contributed by atoms with Crippen LogP contribution in [0.5, 0.6) is 0 Å². The van der Waals surface area contributed by atoms with E-state index in [0.717, 1.165) is 0 Å². The lowest BCUT2D eigenvalue weighted by Gasteiger charge is -2.06. The van der Waals surface area contributed by atoms with E-state index in [4.69, 9.17) is 0 Å². The highest BCUT2D eigenvalue weighted by Crippen LogP contribution is 2.43. The van der Waals surface area contributed by atoms with Gasteiger partial charge in [-0.15, -0.1) is 0 Å². The molecule has 0 unspecified atom stereocenters. The Bertz CT molecular complexity index is 519. The first kappa shape index (κ1) is 14.2. The molecular weight excluding hydrogens is 284 g/mol. The van der Waals surface area contributed by atoms with Crippen molar-refractivity contribution in [2.24, 2.45) is 0 Å². The number of nitrogens with zero attached hydrogens (tertiary/aromatic N) is 2. The second kappa shape index (κ2) is 4.76. The van der Waals surface area contributed by atoms with Crippen LogP contribution in [-0.4, -0.2) is 15.4 Å². The molecule has 1 aromatic carbocycles. The molecule has 0 aliphatic carbocycles. The van der Waals surface area contributed by atoms with E-state index in [1.165, 1.54) is 0 Å². The van der Waals surface area contributed by atoms with Gasteiger partial charge in [0, 0.05) is 6.07 Å². The summed E-state index contributed by atoms with van der Waals surface area (Å²) in [4.78, 5) is 17.2. The molecule has 0 atom stereocenters. The normalized spacial score (nSPS) is 11.3. The quantitative estimate of drug-likeness (QED) is 0.368. The number of thioether (sulfide) groups is 1. The minimum Gasteiger partial charge on any atom is -0.258 e. The predicted molar refractivity (Wildman–Crippen MR) is 51.6 cm³/mol. The zero-order chi connectivity index (χ0) is 14.1. The maximum absolute atomic E-state index is 13.1. The maximum atomic E-state index is 13.1. The van der Waals surface area contributed by atoms with Gasteiger partial charge in [-0.05, 0) is 11.8 Å². The van der Waals surface area contributed by atoms with Crippen molar-refractivity contribution < 1.29 is 27.4 Å². The molecular formula is C7H2F4N2O4S. The van der Waals surface area contributed by atoms with Crippen LogP contribution in [0, 0.1) is 26.0 Å². The van der Waals surface area contributed by atoms with Gasteiger partial charge in [-0.1, -0.05) is 0 Å². The minimum atomic E-state index is -4.87. The molecule has 1 rings (SSSR count). The number of nitro benzene ring substituents is 2. The third-order valence-corrected chi connectivity index (χ3v) is 2.43. The first-order valence-electron chi connectivity index (χ1n) is 4.00. The summed E-state index contributed by atoms with van der Waals surface area (Å²) in [5, 5.41) is 20.8. The molecule has 98 valence electrons. The van der Waals surface area contributed by atoms with Crippen molar-refractivity contribution in [3.63, 3.8) is 0 Å². The summed E-state index contributed by atoms with van der Waals surface area (Å²) < 4.78 is 49.3. The van der Waals surface area contributed by atoms with Crippen molar-refractivity contribution in [1.82, 2.24) is 0 Å². The van der Waals surface area contributed by atoms with E-state index in [1.54, 1.807) is 0 Å². The van der Waals surface area contributed by atoms with Crippen LogP contribution in [0.1, 0.15) is 0 Å². The molecule has 11 heteroatoms. The average molecular weight is 286 g/mol.